The van der Waals surface area contributed by atoms with Gasteiger partial charge >= 0.3 is 0 Å². The Bertz CT molecular complexity index is 1090. The van der Waals surface area contributed by atoms with Crippen LogP contribution in [0.25, 0.3) is 5.69 Å². The molecule has 6 nitrogen and oxygen atoms in total. The molecule has 1 aromatic heterocycles. The Morgan fingerprint density at radius 2 is 1.90 bits per heavy atom. The van der Waals surface area contributed by atoms with Crippen LogP contribution in [0, 0.1) is 0 Å². The summed E-state index contributed by atoms with van der Waals surface area (Å²) >= 11 is 7.25. The molecule has 0 atom stereocenters. The summed E-state index contributed by atoms with van der Waals surface area (Å²) in [4.78, 5) is 14.8. The standard InChI is InChI=1S/C21H20ClN5OS/c1-21(2)17-6-4-5-7-18(17)26(3)19(21)12-16(28)13-29-20-23-24-25-27(20)15-10-8-14(22)9-11-15/h4-12H,13H2,1-3H3. The van der Waals surface area contributed by atoms with Crippen LogP contribution < -0.4 is 4.90 Å². The smallest absolute Gasteiger partial charge is 0.214 e. The van der Waals surface area contributed by atoms with E-state index in [0.717, 1.165) is 17.1 Å². The van der Waals surface area contributed by atoms with Gasteiger partial charge in [-0.1, -0.05) is 55.4 Å². The normalized spacial score (nSPS) is 16.3. The molecule has 0 bridgehead atoms. The number of aromatic nitrogens is 4. The quantitative estimate of drug-likeness (QED) is 0.449. The second-order valence-corrected chi connectivity index (χ2v) is 8.71. The molecule has 0 saturated heterocycles. The van der Waals surface area contributed by atoms with E-state index in [1.54, 1.807) is 22.9 Å². The molecule has 148 valence electrons. The molecule has 1 aliphatic heterocycles. The zero-order chi connectivity index (χ0) is 20.6. The van der Waals surface area contributed by atoms with Gasteiger partial charge in [0.25, 0.3) is 0 Å². The molecule has 2 heterocycles. The summed E-state index contributed by atoms with van der Waals surface area (Å²) in [6, 6.07) is 15.5. The van der Waals surface area contributed by atoms with Crippen molar-refractivity contribution in [1.29, 1.82) is 0 Å². The number of hydrogen-bond donors (Lipinski definition) is 0. The highest BCUT2D eigenvalue weighted by molar-refractivity contribution is 7.99. The SMILES string of the molecule is CN1C(=CC(=O)CSc2nnnn2-c2ccc(Cl)cc2)C(C)(C)c2ccccc21. The first kappa shape index (κ1) is 19.7. The second kappa shape index (κ2) is 7.65. The van der Waals surface area contributed by atoms with Crippen molar-refractivity contribution in [3.63, 3.8) is 0 Å². The summed E-state index contributed by atoms with van der Waals surface area (Å²) < 4.78 is 1.60. The molecule has 0 spiro atoms. The monoisotopic (exact) mass is 425 g/mol. The van der Waals surface area contributed by atoms with E-state index in [2.05, 4.69) is 46.4 Å². The van der Waals surface area contributed by atoms with Gasteiger partial charge < -0.3 is 4.90 Å². The van der Waals surface area contributed by atoms with Crippen molar-refractivity contribution >= 4 is 34.8 Å². The third-order valence-electron chi connectivity index (χ3n) is 5.09. The highest BCUT2D eigenvalue weighted by Gasteiger charge is 2.38. The first-order chi connectivity index (χ1) is 13.9. The number of nitrogens with zero attached hydrogens (tertiary/aromatic N) is 5. The van der Waals surface area contributed by atoms with Crippen LogP contribution in [0.5, 0.6) is 0 Å². The Balaban J connectivity index is 1.51. The summed E-state index contributed by atoms with van der Waals surface area (Å²) in [5, 5.41) is 13.0. The van der Waals surface area contributed by atoms with Crippen LogP contribution in [0.2, 0.25) is 5.02 Å². The fraction of sp³-hybridized carbons (Fsp3) is 0.238. The molecule has 3 aromatic rings. The molecule has 0 fully saturated rings. The second-order valence-electron chi connectivity index (χ2n) is 7.34. The van der Waals surface area contributed by atoms with Crippen LogP contribution in [0.15, 0.2) is 65.5 Å². The fourth-order valence-electron chi connectivity index (χ4n) is 3.60. The summed E-state index contributed by atoms with van der Waals surface area (Å²) in [6.07, 6.45) is 1.74. The van der Waals surface area contributed by atoms with E-state index in [1.165, 1.54) is 17.3 Å². The lowest BCUT2D eigenvalue weighted by atomic mass is 9.83. The average molecular weight is 426 g/mol. The number of likely N-dealkylation sites (N-methyl/N-ethyl adjacent to an activating group) is 1. The maximum absolute atomic E-state index is 12.8. The molecule has 2 aromatic carbocycles. The number of fused-ring (bicyclic) bond motifs is 1. The number of allylic oxidation sites excluding steroid dienone is 2. The first-order valence-corrected chi connectivity index (χ1v) is 10.5. The van der Waals surface area contributed by atoms with Gasteiger partial charge in [-0.15, -0.1) is 5.10 Å². The zero-order valence-electron chi connectivity index (χ0n) is 16.3. The van der Waals surface area contributed by atoms with Crippen molar-refractivity contribution in [3.05, 3.63) is 70.9 Å². The number of benzene rings is 2. The Hall–Kier alpha value is -2.64. The van der Waals surface area contributed by atoms with Crippen LogP contribution >= 0.6 is 23.4 Å². The Morgan fingerprint density at radius 3 is 2.62 bits per heavy atom. The van der Waals surface area contributed by atoms with Crippen LogP contribution in [0.3, 0.4) is 0 Å². The zero-order valence-corrected chi connectivity index (χ0v) is 17.9. The van der Waals surface area contributed by atoms with E-state index >= 15 is 0 Å². The van der Waals surface area contributed by atoms with Gasteiger partial charge in [0.05, 0.1) is 11.4 Å². The highest BCUT2D eigenvalue weighted by atomic mass is 35.5. The molecular weight excluding hydrogens is 406 g/mol. The molecule has 0 amide bonds. The van der Waals surface area contributed by atoms with Crippen molar-refractivity contribution < 1.29 is 4.79 Å². The Kier molecular flexibility index (Phi) is 5.19. The summed E-state index contributed by atoms with van der Waals surface area (Å²) in [6.45, 7) is 4.28. The van der Waals surface area contributed by atoms with E-state index in [0.29, 0.717) is 10.2 Å². The van der Waals surface area contributed by atoms with Crippen molar-refractivity contribution in [1.82, 2.24) is 20.2 Å². The number of carbonyl (C=O) groups excluding carboxylic acids is 1. The molecule has 29 heavy (non-hydrogen) atoms. The number of anilines is 1. The molecule has 0 saturated carbocycles. The molecule has 0 unspecified atom stereocenters. The minimum absolute atomic E-state index is 0.0170. The summed E-state index contributed by atoms with van der Waals surface area (Å²) in [7, 11) is 2.00. The molecule has 0 N–H and O–H groups in total. The van der Waals surface area contributed by atoms with Crippen molar-refractivity contribution in [2.45, 2.75) is 24.4 Å². The summed E-state index contributed by atoms with van der Waals surface area (Å²) in [5.41, 5.74) is 3.91. The molecule has 4 rings (SSSR count). The number of carbonyl (C=O) groups is 1. The van der Waals surface area contributed by atoms with Crippen molar-refractivity contribution in [2.24, 2.45) is 0 Å². The van der Waals surface area contributed by atoms with Crippen molar-refractivity contribution in [2.75, 3.05) is 17.7 Å². The Morgan fingerprint density at radius 1 is 1.17 bits per heavy atom. The van der Waals surface area contributed by atoms with E-state index in [-0.39, 0.29) is 17.0 Å². The van der Waals surface area contributed by atoms with Gasteiger partial charge in [-0.2, -0.15) is 4.68 Å². The van der Waals surface area contributed by atoms with Gasteiger partial charge in [-0.3, -0.25) is 4.79 Å². The average Bonchev–Trinajstić information content (AvgIpc) is 3.25. The minimum Gasteiger partial charge on any atom is -0.347 e. The third kappa shape index (κ3) is 3.68. The molecule has 8 heteroatoms. The maximum Gasteiger partial charge on any atom is 0.214 e. The highest BCUT2D eigenvalue weighted by Crippen LogP contribution is 2.46. The van der Waals surface area contributed by atoms with E-state index in [9.17, 15) is 4.79 Å². The number of thioether (sulfide) groups is 1. The number of ketones is 1. The number of hydrogen-bond acceptors (Lipinski definition) is 6. The van der Waals surface area contributed by atoms with Gasteiger partial charge in [-0.05, 0) is 46.3 Å². The first-order valence-electron chi connectivity index (χ1n) is 9.13. The van der Waals surface area contributed by atoms with Crippen LogP contribution in [0.4, 0.5) is 5.69 Å². The lowest BCUT2D eigenvalue weighted by molar-refractivity contribution is -0.112. The lowest BCUT2D eigenvalue weighted by Crippen LogP contribution is -2.24. The molecule has 0 radical (unpaired) electrons. The van der Waals surface area contributed by atoms with Gasteiger partial charge in [-0.25, -0.2) is 0 Å². The van der Waals surface area contributed by atoms with Gasteiger partial charge in [0, 0.05) is 34.9 Å². The third-order valence-corrected chi connectivity index (χ3v) is 6.29. The topological polar surface area (TPSA) is 63.9 Å². The van der Waals surface area contributed by atoms with Gasteiger partial charge in [0.2, 0.25) is 5.16 Å². The van der Waals surface area contributed by atoms with Crippen molar-refractivity contribution in [3.8, 4) is 5.69 Å². The molecule has 0 aliphatic carbocycles. The van der Waals surface area contributed by atoms with Crippen LogP contribution in [0.1, 0.15) is 19.4 Å². The number of halogens is 1. The lowest BCUT2D eigenvalue weighted by Gasteiger charge is -2.23. The minimum atomic E-state index is -0.226. The number of rotatable bonds is 5. The Labute approximate surface area is 178 Å². The van der Waals surface area contributed by atoms with E-state index < -0.39 is 0 Å². The molecular formula is C21H20ClN5OS. The molecule has 1 aliphatic rings. The van der Waals surface area contributed by atoms with Gasteiger partial charge in [0.1, 0.15) is 0 Å². The van der Waals surface area contributed by atoms with Gasteiger partial charge in [0.15, 0.2) is 5.78 Å². The number of para-hydroxylation sites is 1. The maximum atomic E-state index is 12.8. The van der Waals surface area contributed by atoms with Crippen LogP contribution in [-0.4, -0.2) is 38.8 Å². The number of tetrazole rings is 1. The predicted molar refractivity (Wildman–Crippen MR) is 116 cm³/mol. The van der Waals surface area contributed by atoms with Crippen LogP contribution in [-0.2, 0) is 10.2 Å². The van der Waals surface area contributed by atoms with E-state index in [1.807, 2.05) is 31.3 Å². The largest absolute Gasteiger partial charge is 0.347 e. The van der Waals surface area contributed by atoms with E-state index in [4.69, 9.17) is 11.6 Å². The fourth-order valence-corrected chi connectivity index (χ4v) is 4.44. The predicted octanol–water partition coefficient (Wildman–Crippen LogP) is 4.29. The summed E-state index contributed by atoms with van der Waals surface area (Å²) in [5.74, 6) is 0.265.